The predicted molar refractivity (Wildman–Crippen MR) is 90.0 cm³/mol. The monoisotopic (exact) mass is 336 g/mol. The molecule has 24 heavy (non-hydrogen) atoms. The van der Waals surface area contributed by atoms with E-state index >= 15 is 0 Å². The van der Waals surface area contributed by atoms with Crippen LogP contribution >= 0.6 is 0 Å². The van der Waals surface area contributed by atoms with E-state index in [9.17, 15) is 4.79 Å². The maximum atomic E-state index is 11.1. The second-order valence-electron chi connectivity index (χ2n) is 6.82. The maximum Gasteiger partial charge on any atom is 0.407 e. The third-order valence-corrected chi connectivity index (χ3v) is 5.37. The number of likely N-dealkylation sites (tertiary alicyclic amines) is 2. The number of hydrogen-bond donors (Lipinski definition) is 1. The first-order valence-corrected chi connectivity index (χ1v) is 8.92. The zero-order valence-electron chi connectivity index (χ0n) is 14.4. The number of methoxy groups -OCH3 is 1. The van der Waals surface area contributed by atoms with Crippen molar-refractivity contribution in [2.45, 2.75) is 50.8 Å². The molecule has 0 aromatic carbocycles. The van der Waals surface area contributed by atoms with Gasteiger partial charge in [-0.3, -0.25) is 4.68 Å². The Kier molecular flexibility index (Phi) is 5.73. The molecule has 2 aliphatic heterocycles. The number of piperidine rings is 1. The Balaban J connectivity index is 1.53. The summed E-state index contributed by atoms with van der Waals surface area (Å²) in [7, 11) is 1.71. The molecular weight excluding hydrogens is 308 g/mol. The average molecular weight is 336 g/mol. The van der Waals surface area contributed by atoms with Crippen molar-refractivity contribution in [1.82, 2.24) is 19.6 Å². The highest BCUT2D eigenvalue weighted by Gasteiger charge is 2.29. The minimum Gasteiger partial charge on any atom is -0.465 e. The molecule has 2 fully saturated rings. The van der Waals surface area contributed by atoms with Crippen LogP contribution in [-0.4, -0.2) is 70.1 Å². The Morgan fingerprint density at radius 1 is 1.21 bits per heavy atom. The summed E-state index contributed by atoms with van der Waals surface area (Å²) in [5, 5.41) is 13.6. The van der Waals surface area contributed by atoms with Gasteiger partial charge in [0.05, 0.1) is 18.3 Å². The van der Waals surface area contributed by atoms with Crippen LogP contribution in [0.15, 0.2) is 12.3 Å². The van der Waals surface area contributed by atoms with Gasteiger partial charge in [0, 0.05) is 45.5 Å². The topological polar surface area (TPSA) is 70.8 Å². The number of nitrogens with zero attached hydrogens (tertiary/aromatic N) is 4. The molecule has 0 spiro atoms. The minimum atomic E-state index is -0.779. The van der Waals surface area contributed by atoms with Gasteiger partial charge in [-0.1, -0.05) is 0 Å². The largest absolute Gasteiger partial charge is 0.465 e. The number of rotatable bonds is 4. The molecule has 0 radical (unpaired) electrons. The SMILES string of the molecule is COCc1ccnn1C1CCN(C2CCCN(C(=O)O)CC2)CC1. The summed E-state index contributed by atoms with van der Waals surface area (Å²) < 4.78 is 7.38. The van der Waals surface area contributed by atoms with Gasteiger partial charge in [0.1, 0.15) is 0 Å². The van der Waals surface area contributed by atoms with E-state index in [-0.39, 0.29) is 0 Å². The molecule has 1 aromatic rings. The number of hydrogen-bond acceptors (Lipinski definition) is 4. The maximum absolute atomic E-state index is 11.1. The summed E-state index contributed by atoms with van der Waals surface area (Å²) in [5.74, 6) is 0. The highest BCUT2D eigenvalue weighted by molar-refractivity contribution is 5.64. The second kappa shape index (κ2) is 7.98. The molecule has 7 heteroatoms. The van der Waals surface area contributed by atoms with Crippen LogP contribution < -0.4 is 0 Å². The summed E-state index contributed by atoms with van der Waals surface area (Å²) >= 11 is 0. The van der Waals surface area contributed by atoms with Gasteiger partial charge in [-0.15, -0.1) is 0 Å². The van der Waals surface area contributed by atoms with E-state index in [1.54, 1.807) is 12.0 Å². The fourth-order valence-electron chi connectivity index (χ4n) is 4.06. The zero-order valence-corrected chi connectivity index (χ0v) is 14.4. The molecule has 1 unspecified atom stereocenters. The Morgan fingerprint density at radius 3 is 2.67 bits per heavy atom. The van der Waals surface area contributed by atoms with E-state index < -0.39 is 6.09 Å². The van der Waals surface area contributed by atoms with Gasteiger partial charge in [-0.05, 0) is 38.2 Å². The van der Waals surface area contributed by atoms with Crippen LogP contribution in [0.3, 0.4) is 0 Å². The molecule has 134 valence electrons. The van der Waals surface area contributed by atoms with Gasteiger partial charge in [0.25, 0.3) is 0 Å². The normalized spacial score (nSPS) is 24.0. The Labute approximate surface area is 143 Å². The van der Waals surface area contributed by atoms with Crippen molar-refractivity contribution in [2.75, 3.05) is 33.3 Å². The zero-order chi connectivity index (χ0) is 16.9. The molecule has 1 atom stereocenters. The van der Waals surface area contributed by atoms with Crippen LogP contribution in [0.5, 0.6) is 0 Å². The van der Waals surface area contributed by atoms with E-state index in [4.69, 9.17) is 9.84 Å². The number of amides is 1. The first-order chi connectivity index (χ1) is 11.7. The van der Waals surface area contributed by atoms with Crippen LogP contribution in [-0.2, 0) is 11.3 Å². The molecule has 3 heterocycles. The highest BCUT2D eigenvalue weighted by Crippen LogP contribution is 2.27. The van der Waals surface area contributed by atoms with E-state index in [0.717, 1.165) is 50.9 Å². The Hall–Kier alpha value is -1.60. The van der Waals surface area contributed by atoms with E-state index in [1.807, 2.05) is 12.3 Å². The number of ether oxygens (including phenoxy) is 1. The van der Waals surface area contributed by atoms with Gasteiger partial charge in [0.2, 0.25) is 0 Å². The first kappa shape index (κ1) is 17.2. The lowest BCUT2D eigenvalue weighted by molar-refractivity contribution is 0.112. The van der Waals surface area contributed by atoms with Crippen LogP contribution in [0.4, 0.5) is 4.79 Å². The summed E-state index contributed by atoms with van der Waals surface area (Å²) in [6, 6.07) is 3.00. The Bertz CT molecular complexity index is 540. The molecule has 2 aliphatic rings. The van der Waals surface area contributed by atoms with E-state index in [0.29, 0.717) is 31.8 Å². The average Bonchev–Trinajstić information content (AvgIpc) is 2.90. The van der Waals surface area contributed by atoms with Gasteiger partial charge < -0.3 is 19.6 Å². The lowest BCUT2D eigenvalue weighted by atomic mass is 10.00. The predicted octanol–water partition coefficient (Wildman–Crippen LogP) is 2.20. The van der Waals surface area contributed by atoms with Gasteiger partial charge in [-0.25, -0.2) is 4.79 Å². The summed E-state index contributed by atoms with van der Waals surface area (Å²) in [6.07, 6.45) is 6.28. The number of carboxylic acid groups (broad SMARTS) is 1. The molecule has 7 nitrogen and oxygen atoms in total. The number of carbonyl (C=O) groups is 1. The van der Waals surface area contributed by atoms with Crippen molar-refractivity contribution in [2.24, 2.45) is 0 Å². The van der Waals surface area contributed by atoms with Crippen molar-refractivity contribution < 1.29 is 14.6 Å². The van der Waals surface area contributed by atoms with Gasteiger partial charge in [0.15, 0.2) is 0 Å². The smallest absolute Gasteiger partial charge is 0.407 e. The molecule has 3 rings (SSSR count). The lowest BCUT2D eigenvalue weighted by Gasteiger charge is -2.37. The molecule has 1 aromatic heterocycles. The molecule has 2 saturated heterocycles. The first-order valence-electron chi connectivity index (χ1n) is 8.92. The van der Waals surface area contributed by atoms with Crippen LogP contribution in [0.2, 0.25) is 0 Å². The fourth-order valence-corrected chi connectivity index (χ4v) is 4.06. The van der Waals surface area contributed by atoms with Crippen molar-refractivity contribution in [1.29, 1.82) is 0 Å². The van der Waals surface area contributed by atoms with Gasteiger partial charge >= 0.3 is 6.09 Å². The molecule has 0 bridgehead atoms. The third kappa shape index (κ3) is 3.89. The van der Waals surface area contributed by atoms with Crippen LogP contribution in [0, 0.1) is 0 Å². The van der Waals surface area contributed by atoms with E-state index in [2.05, 4.69) is 14.7 Å². The Morgan fingerprint density at radius 2 is 1.96 bits per heavy atom. The van der Waals surface area contributed by atoms with Crippen molar-refractivity contribution in [3.63, 3.8) is 0 Å². The molecule has 0 saturated carbocycles. The summed E-state index contributed by atoms with van der Waals surface area (Å²) in [5.41, 5.74) is 1.14. The van der Waals surface area contributed by atoms with E-state index in [1.165, 1.54) is 0 Å². The molecular formula is C17H28N4O3. The van der Waals surface area contributed by atoms with Crippen molar-refractivity contribution >= 4 is 6.09 Å². The summed E-state index contributed by atoms with van der Waals surface area (Å²) in [4.78, 5) is 15.3. The quantitative estimate of drug-likeness (QED) is 0.913. The van der Waals surface area contributed by atoms with Crippen LogP contribution in [0.1, 0.15) is 43.8 Å². The lowest BCUT2D eigenvalue weighted by Crippen LogP contribution is -2.42. The standard InChI is InChI=1S/C17H28N4O3/c1-24-13-16-4-8-18-21(16)15-6-10-19(11-7-15)14-3-2-9-20(12-5-14)17(22)23/h4,8,14-15H,2-3,5-7,9-13H2,1H3,(H,22,23). The van der Waals surface area contributed by atoms with Crippen molar-refractivity contribution in [3.05, 3.63) is 18.0 Å². The second-order valence-corrected chi connectivity index (χ2v) is 6.82. The molecule has 1 N–H and O–H groups in total. The highest BCUT2D eigenvalue weighted by atomic mass is 16.5. The molecule has 1 amide bonds. The number of aromatic nitrogens is 2. The van der Waals surface area contributed by atoms with Gasteiger partial charge in [-0.2, -0.15) is 5.10 Å². The minimum absolute atomic E-state index is 0.447. The fraction of sp³-hybridized carbons (Fsp3) is 0.765. The third-order valence-electron chi connectivity index (χ3n) is 5.37. The molecule has 0 aliphatic carbocycles. The summed E-state index contributed by atoms with van der Waals surface area (Å²) in [6.45, 7) is 4.07. The van der Waals surface area contributed by atoms with Crippen molar-refractivity contribution in [3.8, 4) is 0 Å². The van der Waals surface area contributed by atoms with Crippen LogP contribution in [0.25, 0.3) is 0 Å².